The number of carbonyl (C=O) groups is 1. The van der Waals surface area contributed by atoms with Crippen molar-refractivity contribution in [3.63, 3.8) is 0 Å². The van der Waals surface area contributed by atoms with Gasteiger partial charge in [0.25, 0.3) is 0 Å². The van der Waals surface area contributed by atoms with E-state index in [-0.39, 0.29) is 43.7 Å². The summed E-state index contributed by atoms with van der Waals surface area (Å²) in [6.07, 6.45) is 21.5. The van der Waals surface area contributed by atoms with Gasteiger partial charge in [0.05, 0.1) is 24.8 Å². The molecule has 0 spiro atoms. The van der Waals surface area contributed by atoms with Crippen LogP contribution in [-0.4, -0.2) is 77.3 Å². The molecular formula is C59H84N2O8. The molecule has 10 heteroatoms. The highest BCUT2D eigenvalue weighted by Crippen LogP contribution is 2.62. The molecule has 10 nitrogen and oxygen atoms in total. The number of allylic oxidation sites excluding steroid dienone is 1. The largest absolute Gasteiger partial charge is 0.459 e. The number of rotatable bonds is 29. The van der Waals surface area contributed by atoms with Gasteiger partial charge in [-0.2, -0.15) is 0 Å². The highest BCUT2D eigenvalue weighted by molar-refractivity contribution is 6.03. The molecule has 6 unspecified atom stereocenters. The summed E-state index contributed by atoms with van der Waals surface area (Å²) in [4.78, 5) is 22.8. The maximum absolute atomic E-state index is 14.7. The van der Waals surface area contributed by atoms with Crippen LogP contribution in [0.25, 0.3) is 11.1 Å². The SMILES string of the molecule is C=CCOC12Oc3ccc(Oc4ccc(-c5ccccc5)cc4)cc3C3C(CCCCO)C(CCCCO)C=C(C(=NOC(C)(C)C)CC1N(CCC)C(=O)OCCCCCCCCCCCC)C32. The number of amides is 1. The third-order valence-electron chi connectivity index (χ3n) is 14.1. The Morgan fingerprint density at radius 2 is 1.46 bits per heavy atom. The first kappa shape index (κ1) is 53.7. The zero-order valence-electron chi connectivity index (χ0n) is 42.7. The minimum Gasteiger partial charge on any atom is -0.459 e. The Balaban J connectivity index is 1.41. The number of oxime groups is 1. The van der Waals surface area contributed by atoms with Gasteiger partial charge in [0.1, 0.15) is 28.9 Å². The van der Waals surface area contributed by atoms with Crippen LogP contribution in [0.15, 0.2) is 102 Å². The van der Waals surface area contributed by atoms with Crippen LogP contribution in [-0.2, 0) is 14.3 Å². The lowest BCUT2D eigenvalue weighted by Crippen LogP contribution is -2.70. The maximum atomic E-state index is 14.7. The van der Waals surface area contributed by atoms with Crippen LogP contribution >= 0.6 is 0 Å². The van der Waals surface area contributed by atoms with Crippen LogP contribution in [0.5, 0.6) is 17.2 Å². The average Bonchev–Trinajstić information content (AvgIpc) is 3.35. The predicted molar refractivity (Wildman–Crippen MR) is 278 cm³/mol. The minimum absolute atomic E-state index is 0.0882. The second-order valence-electron chi connectivity index (χ2n) is 20.5. The van der Waals surface area contributed by atoms with E-state index in [2.05, 4.69) is 56.8 Å². The third kappa shape index (κ3) is 14.5. The van der Waals surface area contributed by atoms with Gasteiger partial charge in [0.15, 0.2) is 0 Å². The van der Waals surface area contributed by atoms with Crippen LogP contribution < -0.4 is 9.47 Å². The fourth-order valence-electron chi connectivity index (χ4n) is 10.8. The van der Waals surface area contributed by atoms with Crippen LogP contribution in [0, 0.1) is 17.8 Å². The van der Waals surface area contributed by atoms with Crippen LogP contribution in [0.2, 0.25) is 0 Å². The van der Waals surface area contributed by atoms with Crippen LogP contribution in [0.4, 0.5) is 4.79 Å². The van der Waals surface area contributed by atoms with E-state index in [1.807, 2.05) is 68.1 Å². The standard InChI is InChI=1S/C59H84N2O8/c1-7-10-11-12-13-14-15-16-17-25-40-65-57(64)61(36-8-2)54-43-52(60-69-58(4,5)6)50-41-46(28-21-23-37-62)49(29-22-24-38-63)55-51-42-48(34-35-53(51)68-59(54,56(50)55)66-39-9-3)67-47-32-30-45(31-33-47)44-26-19-18-20-27-44/h9,18-20,26-27,30-35,41-42,46,49,54-56,62-63H,3,7-8,10-17,21-25,28-29,36-40,43H2,1-2,4-6H3. The van der Waals surface area contributed by atoms with Crippen molar-refractivity contribution in [1.29, 1.82) is 0 Å². The minimum atomic E-state index is -1.36. The second-order valence-corrected chi connectivity index (χ2v) is 20.5. The fraction of sp³-hybridized carbons (Fsp3) is 0.593. The van der Waals surface area contributed by atoms with Crippen molar-refractivity contribution in [2.75, 3.05) is 33.0 Å². The number of aliphatic hydroxyl groups excluding tert-OH is 2. The van der Waals surface area contributed by atoms with Gasteiger partial charge >= 0.3 is 6.09 Å². The summed E-state index contributed by atoms with van der Waals surface area (Å²) in [5, 5.41) is 25.0. The van der Waals surface area contributed by atoms with Crippen molar-refractivity contribution < 1.29 is 38.8 Å². The first-order valence-electron chi connectivity index (χ1n) is 26.6. The molecule has 6 rings (SSSR count). The molecule has 0 bridgehead atoms. The highest BCUT2D eigenvalue weighted by Gasteiger charge is 2.65. The zero-order valence-corrected chi connectivity index (χ0v) is 42.7. The van der Waals surface area contributed by atoms with Crippen molar-refractivity contribution in [2.45, 2.75) is 174 Å². The molecule has 0 saturated heterocycles. The van der Waals surface area contributed by atoms with Crippen molar-refractivity contribution >= 4 is 11.8 Å². The molecule has 2 aliphatic carbocycles. The summed E-state index contributed by atoms with van der Waals surface area (Å²) in [6, 6.07) is 23.9. The molecule has 378 valence electrons. The summed E-state index contributed by atoms with van der Waals surface area (Å²) >= 11 is 0. The first-order chi connectivity index (χ1) is 33.6. The first-order valence-corrected chi connectivity index (χ1v) is 26.6. The predicted octanol–water partition coefficient (Wildman–Crippen LogP) is 14.3. The number of aliphatic hydroxyl groups is 2. The van der Waals surface area contributed by atoms with Gasteiger partial charge in [-0.3, -0.25) is 4.90 Å². The lowest BCUT2D eigenvalue weighted by molar-refractivity contribution is -0.255. The maximum Gasteiger partial charge on any atom is 0.410 e. The van der Waals surface area contributed by atoms with Gasteiger partial charge in [-0.05, 0) is 118 Å². The smallest absolute Gasteiger partial charge is 0.410 e. The molecule has 0 radical (unpaired) electrons. The fourth-order valence-corrected chi connectivity index (χ4v) is 10.8. The van der Waals surface area contributed by atoms with Crippen molar-refractivity contribution in [2.24, 2.45) is 22.9 Å². The molecule has 3 aromatic rings. The van der Waals surface area contributed by atoms with Gasteiger partial charge in [0, 0.05) is 37.7 Å². The number of unbranched alkanes of at least 4 members (excludes halogenated alkanes) is 11. The Labute approximate surface area is 414 Å². The van der Waals surface area contributed by atoms with E-state index >= 15 is 0 Å². The van der Waals surface area contributed by atoms with Crippen molar-refractivity contribution in [3.8, 4) is 28.4 Å². The molecule has 3 aliphatic rings. The van der Waals surface area contributed by atoms with Crippen LogP contribution in [0.1, 0.15) is 162 Å². The van der Waals surface area contributed by atoms with Crippen LogP contribution in [0.3, 0.4) is 0 Å². The van der Waals surface area contributed by atoms with Crippen molar-refractivity contribution in [1.82, 2.24) is 4.90 Å². The number of benzene rings is 3. The molecule has 3 aromatic carbocycles. The highest BCUT2D eigenvalue weighted by atomic mass is 16.7. The number of ether oxygens (including phenoxy) is 4. The van der Waals surface area contributed by atoms with Gasteiger partial charge in [-0.25, -0.2) is 4.79 Å². The summed E-state index contributed by atoms with van der Waals surface area (Å²) in [5.74, 6) is 0.337. The number of hydrogen-bond acceptors (Lipinski definition) is 9. The second kappa shape index (κ2) is 27.1. The summed E-state index contributed by atoms with van der Waals surface area (Å²) in [5.41, 5.74) is 4.45. The lowest BCUT2D eigenvalue weighted by atomic mass is 9.55. The molecule has 1 fully saturated rings. The summed E-state index contributed by atoms with van der Waals surface area (Å²) in [7, 11) is 0. The van der Waals surface area contributed by atoms with E-state index in [4.69, 9.17) is 28.9 Å². The molecule has 1 saturated carbocycles. The Morgan fingerprint density at radius 3 is 2.12 bits per heavy atom. The van der Waals surface area contributed by atoms with E-state index in [0.717, 1.165) is 78.7 Å². The zero-order chi connectivity index (χ0) is 49.1. The number of fused-ring (bicyclic) bond motifs is 2. The van der Waals surface area contributed by atoms with E-state index in [1.54, 1.807) is 6.08 Å². The average molecular weight is 949 g/mol. The summed E-state index contributed by atoms with van der Waals surface area (Å²) in [6.45, 7) is 15.6. The normalized spacial score (nSPS) is 22.2. The molecule has 6 atom stereocenters. The van der Waals surface area contributed by atoms with Gasteiger partial charge in [-0.1, -0.05) is 144 Å². The molecule has 1 amide bonds. The Kier molecular flexibility index (Phi) is 21.1. The molecule has 0 aromatic heterocycles. The van der Waals surface area contributed by atoms with Gasteiger partial charge in [-0.15, -0.1) is 6.58 Å². The molecule has 1 aliphatic heterocycles. The third-order valence-corrected chi connectivity index (χ3v) is 14.1. The van der Waals surface area contributed by atoms with Crippen molar-refractivity contribution in [3.05, 3.63) is 103 Å². The number of nitrogens with zero attached hydrogens (tertiary/aromatic N) is 2. The Bertz CT molecular complexity index is 2080. The molecular weight excluding hydrogens is 865 g/mol. The quantitative estimate of drug-likeness (QED) is 0.0401. The Morgan fingerprint density at radius 1 is 0.812 bits per heavy atom. The lowest BCUT2D eigenvalue weighted by Gasteiger charge is -2.60. The number of hydrogen-bond donors (Lipinski definition) is 2. The van der Waals surface area contributed by atoms with Gasteiger partial charge in [0.2, 0.25) is 5.79 Å². The van der Waals surface area contributed by atoms with E-state index < -0.39 is 23.3 Å². The van der Waals surface area contributed by atoms with E-state index in [1.165, 1.54) is 44.9 Å². The number of carbonyl (C=O) groups excluding carboxylic acids is 1. The van der Waals surface area contributed by atoms with E-state index in [9.17, 15) is 15.0 Å². The molecule has 2 N–H and O–H groups in total. The van der Waals surface area contributed by atoms with E-state index in [0.29, 0.717) is 50.3 Å². The monoisotopic (exact) mass is 949 g/mol. The molecule has 69 heavy (non-hydrogen) atoms. The molecule has 1 heterocycles. The topological polar surface area (TPSA) is 119 Å². The van der Waals surface area contributed by atoms with Gasteiger partial charge < -0.3 is 34.0 Å². The Hall–Kier alpha value is -4.64. The summed E-state index contributed by atoms with van der Waals surface area (Å²) < 4.78 is 27.5.